The van der Waals surface area contributed by atoms with Crippen LogP contribution in [0.3, 0.4) is 0 Å². The number of carboxylic acids is 1. The van der Waals surface area contributed by atoms with Crippen LogP contribution >= 0.6 is 11.6 Å². The van der Waals surface area contributed by atoms with Crippen molar-refractivity contribution in [3.8, 4) is 5.75 Å². The van der Waals surface area contributed by atoms with Crippen LogP contribution in [-0.4, -0.2) is 24.0 Å². The van der Waals surface area contributed by atoms with Crippen LogP contribution in [0.2, 0.25) is 5.02 Å². The van der Waals surface area contributed by atoms with Crippen LogP contribution in [0.15, 0.2) is 18.2 Å². The Morgan fingerprint density at radius 3 is 2.57 bits per heavy atom. The molecule has 0 radical (unpaired) electrons. The zero-order valence-corrected chi connectivity index (χ0v) is 8.04. The van der Waals surface area contributed by atoms with E-state index in [1.807, 2.05) is 0 Å². The second-order valence-corrected chi connectivity index (χ2v) is 2.89. The third-order valence-corrected chi connectivity index (χ3v) is 1.92. The fraction of sp³-hybridized carbons (Fsp3) is 0.111. The molecule has 14 heavy (non-hydrogen) atoms. The number of ether oxygens (including phenoxy) is 1. The van der Waals surface area contributed by atoms with E-state index in [2.05, 4.69) is 0 Å². The average Bonchev–Trinajstić information content (AvgIpc) is 2.17. The molecular weight excluding hydrogens is 208 g/mol. The molecule has 0 atom stereocenters. The smallest absolute Gasteiger partial charge is 0.377 e. The molecule has 0 saturated carbocycles. The predicted molar refractivity (Wildman–Crippen MR) is 50.0 cm³/mol. The maximum atomic E-state index is 11.0. The molecule has 0 amide bonds. The highest BCUT2D eigenvalue weighted by Gasteiger charge is 2.15. The number of aliphatic carboxylic acids is 1. The Morgan fingerprint density at radius 2 is 2.07 bits per heavy atom. The van der Waals surface area contributed by atoms with Crippen LogP contribution in [0.1, 0.15) is 10.4 Å². The third-order valence-electron chi connectivity index (χ3n) is 1.61. The lowest BCUT2D eigenvalue weighted by atomic mass is 10.1. The molecule has 0 bridgehead atoms. The summed E-state index contributed by atoms with van der Waals surface area (Å²) in [7, 11) is 1.39. The van der Waals surface area contributed by atoms with E-state index in [0.29, 0.717) is 5.02 Å². The molecule has 1 N–H and O–H groups in total. The number of carbonyl (C=O) groups excluding carboxylic acids is 1. The number of methoxy groups -OCH3 is 1. The van der Waals surface area contributed by atoms with Gasteiger partial charge in [-0.15, -0.1) is 0 Å². The minimum atomic E-state index is -1.51. The first-order chi connectivity index (χ1) is 6.56. The highest BCUT2D eigenvalue weighted by Crippen LogP contribution is 2.25. The number of carbonyl (C=O) groups is 2. The molecule has 1 aromatic rings. The van der Waals surface area contributed by atoms with Crippen LogP contribution < -0.4 is 4.74 Å². The number of rotatable bonds is 3. The van der Waals surface area contributed by atoms with Gasteiger partial charge >= 0.3 is 5.97 Å². The number of hydrogen-bond donors (Lipinski definition) is 1. The Balaban J connectivity index is 3.12. The average molecular weight is 215 g/mol. The summed E-state index contributed by atoms with van der Waals surface area (Å²) in [4.78, 5) is 21.4. The zero-order chi connectivity index (χ0) is 10.7. The lowest BCUT2D eigenvalue weighted by Crippen LogP contribution is -2.12. The second-order valence-electron chi connectivity index (χ2n) is 2.48. The van der Waals surface area contributed by atoms with Gasteiger partial charge in [-0.3, -0.25) is 4.79 Å². The van der Waals surface area contributed by atoms with Gasteiger partial charge in [-0.05, 0) is 18.2 Å². The van der Waals surface area contributed by atoms with Gasteiger partial charge in [0.05, 0.1) is 12.1 Å². The van der Waals surface area contributed by atoms with E-state index in [1.54, 1.807) is 0 Å². The molecule has 0 aliphatic carbocycles. The van der Waals surface area contributed by atoms with E-state index in [1.165, 1.54) is 25.3 Å². The van der Waals surface area contributed by atoms with Gasteiger partial charge in [0.15, 0.2) is 0 Å². The van der Waals surface area contributed by atoms with Gasteiger partial charge in [-0.2, -0.15) is 0 Å². The van der Waals surface area contributed by atoms with Gasteiger partial charge in [0, 0.05) is 5.56 Å². The molecule has 0 fully saturated rings. The molecule has 0 aliphatic heterocycles. The van der Waals surface area contributed by atoms with Crippen molar-refractivity contribution in [2.45, 2.75) is 0 Å². The molecular formula is C9H7ClO4. The summed E-state index contributed by atoms with van der Waals surface area (Å²) in [6.45, 7) is 0. The van der Waals surface area contributed by atoms with Gasteiger partial charge in [0.25, 0.3) is 5.78 Å². The van der Waals surface area contributed by atoms with E-state index in [4.69, 9.17) is 21.4 Å². The Morgan fingerprint density at radius 1 is 1.43 bits per heavy atom. The van der Waals surface area contributed by atoms with E-state index in [9.17, 15) is 9.59 Å². The third kappa shape index (κ3) is 2.03. The molecule has 0 spiro atoms. The predicted octanol–water partition coefficient (Wildman–Crippen LogP) is 1.62. The topological polar surface area (TPSA) is 63.6 Å². The molecule has 0 unspecified atom stereocenters. The standard InChI is InChI=1S/C9H7ClO4/c1-14-7-4-5(2-3-6(7)10)8(11)9(12)13/h2-4H,1H3,(H,12,13). The summed E-state index contributed by atoms with van der Waals surface area (Å²) in [6, 6.07) is 4.04. The summed E-state index contributed by atoms with van der Waals surface area (Å²) in [5.41, 5.74) is 0.0405. The molecule has 1 aromatic carbocycles. The Bertz CT molecular complexity index is 386. The number of ketones is 1. The molecule has 0 heterocycles. The summed E-state index contributed by atoms with van der Waals surface area (Å²) in [5, 5.41) is 8.77. The van der Waals surface area contributed by atoms with Crippen LogP contribution in [0.4, 0.5) is 0 Å². The first kappa shape index (κ1) is 10.5. The van der Waals surface area contributed by atoms with Gasteiger partial charge in [0.1, 0.15) is 5.75 Å². The number of hydrogen-bond acceptors (Lipinski definition) is 3. The number of halogens is 1. The molecule has 0 saturated heterocycles. The van der Waals surface area contributed by atoms with Crippen molar-refractivity contribution in [3.63, 3.8) is 0 Å². The van der Waals surface area contributed by atoms with Crippen LogP contribution in [0, 0.1) is 0 Å². The van der Waals surface area contributed by atoms with Crippen LogP contribution in [0.25, 0.3) is 0 Å². The lowest BCUT2D eigenvalue weighted by molar-refractivity contribution is -0.131. The lowest BCUT2D eigenvalue weighted by Gasteiger charge is -2.03. The van der Waals surface area contributed by atoms with Gasteiger partial charge in [-0.1, -0.05) is 11.6 Å². The van der Waals surface area contributed by atoms with Crippen molar-refractivity contribution in [1.29, 1.82) is 0 Å². The SMILES string of the molecule is COc1cc(C(=O)C(=O)O)ccc1Cl. The molecule has 1 rings (SSSR count). The molecule has 0 aliphatic rings. The van der Waals surface area contributed by atoms with Crippen molar-refractivity contribution < 1.29 is 19.4 Å². The van der Waals surface area contributed by atoms with E-state index >= 15 is 0 Å². The van der Waals surface area contributed by atoms with Crippen LogP contribution in [0.5, 0.6) is 5.75 Å². The quantitative estimate of drug-likeness (QED) is 0.613. The molecule has 74 valence electrons. The minimum absolute atomic E-state index is 0.0405. The zero-order valence-electron chi connectivity index (χ0n) is 7.28. The highest BCUT2D eigenvalue weighted by atomic mass is 35.5. The van der Waals surface area contributed by atoms with E-state index in [0.717, 1.165) is 0 Å². The maximum absolute atomic E-state index is 11.0. The maximum Gasteiger partial charge on any atom is 0.377 e. The Labute approximate surface area is 85.1 Å². The van der Waals surface area contributed by atoms with E-state index in [-0.39, 0.29) is 11.3 Å². The number of Topliss-reactive ketones (excluding diaryl/α,β-unsaturated/α-hetero) is 1. The fourth-order valence-corrected chi connectivity index (χ4v) is 1.12. The van der Waals surface area contributed by atoms with Crippen molar-refractivity contribution in [2.24, 2.45) is 0 Å². The largest absolute Gasteiger partial charge is 0.495 e. The normalized spacial score (nSPS) is 9.57. The van der Waals surface area contributed by atoms with Gasteiger partial charge in [0.2, 0.25) is 0 Å². The Hall–Kier alpha value is -1.55. The van der Waals surface area contributed by atoms with Crippen molar-refractivity contribution in [1.82, 2.24) is 0 Å². The molecule has 0 aromatic heterocycles. The summed E-state index contributed by atoms with van der Waals surface area (Å²) < 4.78 is 4.84. The van der Waals surface area contributed by atoms with Crippen molar-refractivity contribution in [2.75, 3.05) is 7.11 Å². The second kappa shape index (κ2) is 4.11. The van der Waals surface area contributed by atoms with Crippen molar-refractivity contribution >= 4 is 23.4 Å². The van der Waals surface area contributed by atoms with Crippen molar-refractivity contribution in [3.05, 3.63) is 28.8 Å². The monoisotopic (exact) mass is 214 g/mol. The number of carboxylic acid groups (broad SMARTS) is 1. The molecule has 4 nitrogen and oxygen atoms in total. The summed E-state index contributed by atoms with van der Waals surface area (Å²) >= 11 is 5.70. The van der Waals surface area contributed by atoms with Crippen LogP contribution in [-0.2, 0) is 4.79 Å². The fourth-order valence-electron chi connectivity index (χ4n) is 0.925. The highest BCUT2D eigenvalue weighted by molar-refractivity contribution is 6.40. The summed E-state index contributed by atoms with van der Waals surface area (Å²) in [6.07, 6.45) is 0. The molecule has 5 heteroatoms. The number of benzene rings is 1. The summed E-state index contributed by atoms with van der Waals surface area (Å²) in [5.74, 6) is -2.21. The minimum Gasteiger partial charge on any atom is -0.495 e. The van der Waals surface area contributed by atoms with Gasteiger partial charge < -0.3 is 9.84 Å². The van der Waals surface area contributed by atoms with Gasteiger partial charge in [-0.25, -0.2) is 4.79 Å². The first-order valence-electron chi connectivity index (χ1n) is 3.67. The Kier molecular flexibility index (Phi) is 3.09. The van der Waals surface area contributed by atoms with E-state index < -0.39 is 11.8 Å². The first-order valence-corrected chi connectivity index (χ1v) is 4.05.